The second kappa shape index (κ2) is 5.85. The number of benzene rings is 2. The van der Waals surface area contributed by atoms with Gasteiger partial charge in [-0.3, -0.25) is 0 Å². The first-order chi connectivity index (χ1) is 9.44. The molecule has 0 spiro atoms. The fraction of sp³-hybridized carbons (Fsp3) is 0.143. The van der Waals surface area contributed by atoms with Crippen LogP contribution in [0.5, 0.6) is 5.75 Å². The van der Waals surface area contributed by atoms with Gasteiger partial charge in [-0.15, -0.1) is 0 Å². The Balaban J connectivity index is 2.41. The molecule has 2 aromatic rings. The van der Waals surface area contributed by atoms with Crippen LogP contribution in [0.25, 0.3) is 0 Å². The highest BCUT2D eigenvalue weighted by Gasteiger charge is 2.19. The van der Waals surface area contributed by atoms with Gasteiger partial charge in [0.1, 0.15) is 5.75 Å². The molecule has 2 rings (SSSR count). The predicted octanol–water partition coefficient (Wildman–Crippen LogP) is 3.01. The molecular formula is C14H14BrNO3S. The van der Waals surface area contributed by atoms with Gasteiger partial charge in [0.2, 0.25) is 0 Å². The summed E-state index contributed by atoms with van der Waals surface area (Å²) in [6, 6.07) is 11.6. The standard InChI is InChI=1S/C14H14BrNO3S/c1-19-10-4-2-5-11(8-10)20(17,18)9-12-13(15)6-3-7-14(12)16/h2-8H,9,16H2,1H3. The summed E-state index contributed by atoms with van der Waals surface area (Å²) >= 11 is 3.33. The first-order valence-corrected chi connectivity index (χ1v) is 8.28. The smallest absolute Gasteiger partial charge is 0.182 e. The van der Waals surface area contributed by atoms with Crippen molar-refractivity contribution in [3.8, 4) is 5.75 Å². The number of methoxy groups -OCH3 is 1. The largest absolute Gasteiger partial charge is 0.497 e. The van der Waals surface area contributed by atoms with Gasteiger partial charge < -0.3 is 10.5 Å². The van der Waals surface area contributed by atoms with Crippen LogP contribution in [0.2, 0.25) is 0 Å². The van der Waals surface area contributed by atoms with E-state index in [4.69, 9.17) is 10.5 Å². The molecule has 0 saturated heterocycles. The number of nitrogen functional groups attached to an aromatic ring is 1. The van der Waals surface area contributed by atoms with E-state index in [1.807, 2.05) is 0 Å². The molecule has 20 heavy (non-hydrogen) atoms. The Kier molecular flexibility index (Phi) is 4.35. The molecular weight excluding hydrogens is 342 g/mol. The lowest BCUT2D eigenvalue weighted by Crippen LogP contribution is -2.08. The van der Waals surface area contributed by atoms with Crippen LogP contribution in [-0.4, -0.2) is 15.5 Å². The van der Waals surface area contributed by atoms with Crippen molar-refractivity contribution in [2.75, 3.05) is 12.8 Å². The number of rotatable bonds is 4. The van der Waals surface area contributed by atoms with Crippen molar-refractivity contribution in [1.29, 1.82) is 0 Å². The molecule has 0 amide bonds. The maximum Gasteiger partial charge on any atom is 0.182 e. The molecule has 0 heterocycles. The van der Waals surface area contributed by atoms with Crippen LogP contribution in [0.1, 0.15) is 5.56 Å². The summed E-state index contributed by atoms with van der Waals surface area (Å²) in [5.41, 5.74) is 6.86. The van der Waals surface area contributed by atoms with Gasteiger partial charge in [-0.1, -0.05) is 28.1 Å². The summed E-state index contributed by atoms with van der Waals surface area (Å²) in [6.45, 7) is 0. The Morgan fingerprint density at radius 2 is 1.90 bits per heavy atom. The normalized spacial score (nSPS) is 11.3. The van der Waals surface area contributed by atoms with Gasteiger partial charge in [0.25, 0.3) is 0 Å². The van der Waals surface area contributed by atoms with Crippen LogP contribution in [0.15, 0.2) is 51.8 Å². The molecule has 0 atom stereocenters. The highest BCUT2D eigenvalue weighted by molar-refractivity contribution is 9.10. The molecule has 2 aromatic carbocycles. The van der Waals surface area contributed by atoms with Gasteiger partial charge in [-0.25, -0.2) is 8.42 Å². The number of sulfone groups is 1. The maximum atomic E-state index is 12.4. The van der Waals surface area contributed by atoms with Crippen LogP contribution in [-0.2, 0) is 15.6 Å². The molecule has 0 aliphatic rings. The van der Waals surface area contributed by atoms with E-state index in [-0.39, 0.29) is 10.6 Å². The summed E-state index contributed by atoms with van der Waals surface area (Å²) in [5.74, 6) is 0.346. The molecule has 2 N–H and O–H groups in total. The highest BCUT2D eigenvalue weighted by Crippen LogP contribution is 2.28. The Bertz CT molecular complexity index is 709. The summed E-state index contributed by atoms with van der Waals surface area (Å²) in [7, 11) is -1.98. The van der Waals surface area contributed by atoms with Crippen molar-refractivity contribution in [2.45, 2.75) is 10.6 Å². The second-order valence-electron chi connectivity index (χ2n) is 4.25. The topological polar surface area (TPSA) is 69.4 Å². The van der Waals surface area contributed by atoms with E-state index in [1.54, 1.807) is 36.4 Å². The van der Waals surface area contributed by atoms with Crippen molar-refractivity contribution in [2.24, 2.45) is 0 Å². The van der Waals surface area contributed by atoms with Crippen LogP contribution in [0, 0.1) is 0 Å². The molecule has 0 saturated carbocycles. The molecule has 106 valence electrons. The first-order valence-electron chi connectivity index (χ1n) is 5.84. The number of nitrogens with two attached hydrogens (primary N) is 1. The number of anilines is 1. The minimum atomic E-state index is -3.48. The zero-order chi connectivity index (χ0) is 14.8. The third-order valence-electron chi connectivity index (χ3n) is 2.89. The van der Waals surface area contributed by atoms with Gasteiger partial charge in [-0.05, 0) is 30.3 Å². The van der Waals surface area contributed by atoms with E-state index in [9.17, 15) is 8.42 Å². The first kappa shape index (κ1) is 14.9. The average molecular weight is 356 g/mol. The summed E-state index contributed by atoms with van der Waals surface area (Å²) in [6.07, 6.45) is 0. The second-order valence-corrected chi connectivity index (χ2v) is 7.09. The third-order valence-corrected chi connectivity index (χ3v) is 5.27. The maximum absolute atomic E-state index is 12.4. The molecule has 0 aliphatic carbocycles. The van der Waals surface area contributed by atoms with E-state index >= 15 is 0 Å². The van der Waals surface area contributed by atoms with Crippen molar-refractivity contribution in [3.63, 3.8) is 0 Å². The van der Waals surface area contributed by atoms with Gasteiger partial charge in [0.15, 0.2) is 9.84 Å². The molecule has 6 heteroatoms. The van der Waals surface area contributed by atoms with Crippen LogP contribution in [0.3, 0.4) is 0 Å². The van der Waals surface area contributed by atoms with E-state index in [2.05, 4.69) is 15.9 Å². The van der Waals surface area contributed by atoms with Crippen molar-refractivity contribution in [1.82, 2.24) is 0 Å². The number of hydrogen-bond acceptors (Lipinski definition) is 4. The molecule has 0 fully saturated rings. The van der Waals surface area contributed by atoms with E-state index in [0.29, 0.717) is 21.5 Å². The van der Waals surface area contributed by atoms with Gasteiger partial charge in [0.05, 0.1) is 17.8 Å². The lowest BCUT2D eigenvalue weighted by Gasteiger charge is -2.10. The number of ether oxygens (including phenoxy) is 1. The van der Waals surface area contributed by atoms with E-state index < -0.39 is 9.84 Å². The summed E-state index contributed by atoms with van der Waals surface area (Å²) < 4.78 is 30.6. The van der Waals surface area contributed by atoms with E-state index in [1.165, 1.54) is 13.2 Å². The number of hydrogen-bond donors (Lipinski definition) is 1. The minimum absolute atomic E-state index is 0.159. The Morgan fingerprint density at radius 1 is 1.20 bits per heavy atom. The van der Waals surface area contributed by atoms with Crippen LogP contribution < -0.4 is 10.5 Å². The van der Waals surface area contributed by atoms with E-state index in [0.717, 1.165) is 0 Å². The fourth-order valence-corrected chi connectivity index (χ4v) is 3.95. The molecule has 0 aliphatic heterocycles. The van der Waals surface area contributed by atoms with Crippen molar-refractivity contribution in [3.05, 3.63) is 52.5 Å². The lowest BCUT2D eigenvalue weighted by molar-refractivity contribution is 0.413. The third kappa shape index (κ3) is 3.13. The quantitative estimate of drug-likeness (QED) is 0.855. The van der Waals surface area contributed by atoms with Crippen molar-refractivity contribution < 1.29 is 13.2 Å². The molecule has 0 bridgehead atoms. The Hall–Kier alpha value is -1.53. The predicted molar refractivity (Wildman–Crippen MR) is 82.4 cm³/mol. The minimum Gasteiger partial charge on any atom is -0.497 e. The zero-order valence-corrected chi connectivity index (χ0v) is 13.2. The molecule has 0 aromatic heterocycles. The Labute approximate surface area is 126 Å². The van der Waals surface area contributed by atoms with Gasteiger partial charge >= 0.3 is 0 Å². The van der Waals surface area contributed by atoms with Crippen molar-refractivity contribution >= 4 is 31.5 Å². The SMILES string of the molecule is COc1cccc(S(=O)(=O)Cc2c(N)cccc2Br)c1. The summed E-state index contributed by atoms with van der Waals surface area (Å²) in [5, 5.41) is 0. The molecule has 0 radical (unpaired) electrons. The van der Waals surface area contributed by atoms with Crippen LogP contribution >= 0.6 is 15.9 Å². The lowest BCUT2D eigenvalue weighted by atomic mass is 10.2. The zero-order valence-electron chi connectivity index (χ0n) is 10.8. The molecule has 0 unspecified atom stereocenters. The average Bonchev–Trinajstić information content (AvgIpc) is 2.43. The monoisotopic (exact) mass is 355 g/mol. The molecule has 4 nitrogen and oxygen atoms in total. The van der Waals surface area contributed by atoms with Gasteiger partial charge in [-0.2, -0.15) is 0 Å². The Morgan fingerprint density at radius 3 is 2.55 bits per heavy atom. The highest BCUT2D eigenvalue weighted by atomic mass is 79.9. The van der Waals surface area contributed by atoms with Crippen LogP contribution in [0.4, 0.5) is 5.69 Å². The number of halogens is 1. The van der Waals surface area contributed by atoms with Gasteiger partial charge in [0, 0.05) is 15.7 Å². The summed E-state index contributed by atoms with van der Waals surface area (Å²) in [4.78, 5) is 0.215. The fourth-order valence-electron chi connectivity index (χ4n) is 1.80.